The van der Waals surface area contributed by atoms with Crippen LogP contribution in [-0.4, -0.2) is 27.2 Å². The van der Waals surface area contributed by atoms with E-state index in [4.69, 9.17) is 18.0 Å². The van der Waals surface area contributed by atoms with E-state index in [1.165, 1.54) is 4.90 Å². The van der Waals surface area contributed by atoms with Crippen LogP contribution in [0.3, 0.4) is 0 Å². The Morgan fingerprint density at radius 2 is 1.48 bits per heavy atom. The number of likely N-dealkylation sites (tertiary alicyclic amines) is 1. The van der Waals surface area contributed by atoms with Gasteiger partial charge < -0.3 is 5.73 Å². The fourth-order valence-electron chi connectivity index (χ4n) is 4.56. The third kappa shape index (κ3) is 2.20. The van der Waals surface area contributed by atoms with E-state index >= 15 is 0 Å². The molecule has 2 N–H and O–H groups in total. The minimum atomic E-state index is -0.688. The molecular formula is C16H24N2O2S. The van der Waals surface area contributed by atoms with E-state index in [-0.39, 0.29) is 11.8 Å². The van der Waals surface area contributed by atoms with E-state index in [1.54, 1.807) is 0 Å². The molecular weight excluding hydrogens is 284 g/mol. The minimum absolute atomic E-state index is 0.0136. The van der Waals surface area contributed by atoms with Gasteiger partial charge in [0.1, 0.15) is 5.54 Å². The Morgan fingerprint density at radius 3 is 2.00 bits per heavy atom. The number of nitrogens with two attached hydrogens (primary N) is 1. The zero-order chi connectivity index (χ0) is 15.1. The van der Waals surface area contributed by atoms with Gasteiger partial charge in [0.05, 0.1) is 10.4 Å². The molecule has 3 rings (SSSR count). The van der Waals surface area contributed by atoms with Crippen molar-refractivity contribution in [2.75, 3.05) is 0 Å². The van der Waals surface area contributed by atoms with E-state index in [1.807, 2.05) is 0 Å². The lowest BCUT2D eigenvalue weighted by atomic mass is 9.83. The fourth-order valence-corrected chi connectivity index (χ4v) is 4.86. The lowest BCUT2D eigenvalue weighted by molar-refractivity contribution is -0.146. The first kappa shape index (κ1) is 14.9. The standard InChI is InChI=1S/C16H24N2O2S/c17-13(21)16(9-3-1-2-4-10-16)18-12(19)11-15(14(18)20)7-5-6-8-15/h1-11H2,(H2,17,21). The largest absolute Gasteiger partial charge is 0.391 e. The molecule has 2 aliphatic carbocycles. The third-order valence-electron chi connectivity index (χ3n) is 5.77. The van der Waals surface area contributed by atoms with Crippen LogP contribution in [0.5, 0.6) is 0 Å². The monoisotopic (exact) mass is 308 g/mol. The van der Waals surface area contributed by atoms with Crippen LogP contribution < -0.4 is 5.73 Å². The van der Waals surface area contributed by atoms with Crippen molar-refractivity contribution in [3.63, 3.8) is 0 Å². The van der Waals surface area contributed by atoms with Crippen molar-refractivity contribution < 1.29 is 9.59 Å². The van der Waals surface area contributed by atoms with Crippen molar-refractivity contribution in [1.82, 2.24) is 4.90 Å². The van der Waals surface area contributed by atoms with Gasteiger partial charge in [-0.2, -0.15) is 0 Å². The Kier molecular flexibility index (Phi) is 3.80. The number of amides is 2. The molecule has 3 fully saturated rings. The average Bonchev–Trinajstić information content (AvgIpc) is 2.89. The van der Waals surface area contributed by atoms with Crippen molar-refractivity contribution in [3.8, 4) is 0 Å². The minimum Gasteiger partial charge on any atom is -0.391 e. The zero-order valence-corrected chi connectivity index (χ0v) is 13.3. The van der Waals surface area contributed by atoms with Gasteiger partial charge in [0, 0.05) is 6.42 Å². The number of thiocarbonyl (C=S) groups is 1. The van der Waals surface area contributed by atoms with E-state index < -0.39 is 11.0 Å². The van der Waals surface area contributed by atoms with Crippen molar-refractivity contribution in [3.05, 3.63) is 0 Å². The molecule has 1 heterocycles. The summed E-state index contributed by atoms with van der Waals surface area (Å²) >= 11 is 5.33. The summed E-state index contributed by atoms with van der Waals surface area (Å²) in [6.45, 7) is 0. The molecule has 21 heavy (non-hydrogen) atoms. The van der Waals surface area contributed by atoms with Crippen LogP contribution in [0.4, 0.5) is 0 Å². The molecule has 1 spiro atoms. The third-order valence-corrected chi connectivity index (χ3v) is 6.15. The average molecular weight is 308 g/mol. The number of carbonyl (C=O) groups is 2. The Hall–Kier alpha value is -0.970. The first-order valence-electron chi connectivity index (χ1n) is 8.19. The molecule has 0 bridgehead atoms. The highest BCUT2D eigenvalue weighted by Gasteiger charge is 2.59. The Bertz CT molecular complexity index is 475. The van der Waals surface area contributed by atoms with Crippen LogP contribution in [0.15, 0.2) is 0 Å². The summed E-state index contributed by atoms with van der Waals surface area (Å²) in [6.07, 6.45) is 9.89. The SMILES string of the molecule is NC(=S)C1(N2C(=O)CC3(CCCC3)C2=O)CCCCCC1. The molecule has 1 saturated heterocycles. The fraction of sp³-hybridized carbons (Fsp3) is 0.812. The highest BCUT2D eigenvalue weighted by molar-refractivity contribution is 7.80. The number of nitrogens with zero attached hydrogens (tertiary/aromatic N) is 1. The van der Waals surface area contributed by atoms with Crippen LogP contribution in [0.25, 0.3) is 0 Å². The second-order valence-electron chi connectivity index (χ2n) is 7.01. The number of imide groups is 1. The van der Waals surface area contributed by atoms with Gasteiger partial charge in [-0.1, -0.05) is 50.7 Å². The van der Waals surface area contributed by atoms with Crippen LogP contribution >= 0.6 is 12.2 Å². The number of carbonyl (C=O) groups excluding carboxylic acids is 2. The number of hydrogen-bond donors (Lipinski definition) is 1. The highest BCUT2D eigenvalue weighted by atomic mass is 32.1. The molecule has 0 aromatic carbocycles. The lowest BCUT2D eigenvalue weighted by Gasteiger charge is -2.40. The molecule has 2 amide bonds. The molecule has 2 saturated carbocycles. The Balaban J connectivity index is 1.97. The molecule has 116 valence electrons. The molecule has 5 heteroatoms. The highest BCUT2D eigenvalue weighted by Crippen LogP contribution is 2.50. The molecule has 0 atom stereocenters. The topological polar surface area (TPSA) is 63.4 Å². The number of rotatable bonds is 2. The van der Waals surface area contributed by atoms with Crippen molar-refractivity contribution in [2.24, 2.45) is 11.1 Å². The molecule has 3 aliphatic rings. The lowest BCUT2D eigenvalue weighted by Crippen LogP contribution is -2.59. The van der Waals surface area contributed by atoms with E-state index in [0.717, 1.165) is 64.2 Å². The van der Waals surface area contributed by atoms with E-state index in [0.29, 0.717) is 11.4 Å². The predicted molar refractivity (Wildman–Crippen MR) is 84.6 cm³/mol. The second-order valence-corrected chi connectivity index (χ2v) is 7.45. The van der Waals surface area contributed by atoms with Gasteiger partial charge in [0.15, 0.2) is 0 Å². The van der Waals surface area contributed by atoms with Crippen LogP contribution in [-0.2, 0) is 9.59 Å². The maximum absolute atomic E-state index is 13.1. The van der Waals surface area contributed by atoms with Gasteiger partial charge in [-0.05, 0) is 25.7 Å². The van der Waals surface area contributed by atoms with Gasteiger partial charge in [-0.3, -0.25) is 14.5 Å². The summed E-state index contributed by atoms with van der Waals surface area (Å²) in [5, 5.41) is 0. The van der Waals surface area contributed by atoms with Crippen LogP contribution in [0, 0.1) is 5.41 Å². The summed E-state index contributed by atoms with van der Waals surface area (Å²) in [4.78, 5) is 27.5. The number of hydrogen-bond acceptors (Lipinski definition) is 3. The molecule has 0 radical (unpaired) electrons. The summed E-state index contributed by atoms with van der Waals surface area (Å²) < 4.78 is 0. The zero-order valence-electron chi connectivity index (χ0n) is 12.5. The predicted octanol–water partition coefficient (Wildman–Crippen LogP) is 2.68. The maximum atomic E-state index is 13.1. The van der Waals surface area contributed by atoms with Crippen molar-refractivity contribution in [2.45, 2.75) is 76.2 Å². The summed E-state index contributed by atoms with van der Waals surface area (Å²) in [6, 6.07) is 0. The van der Waals surface area contributed by atoms with Crippen molar-refractivity contribution >= 4 is 29.0 Å². The maximum Gasteiger partial charge on any atom is 0.236 e. The normalized spacial score (nSPS) is 28.1. The summed E-state index contributed by atoms with van der Waals surface area (Å²) in [5.74, 6) is -0.0312. The second kappa shape index (κ2) is 5.34. The van der Waals surface area contributed by atoms with Gasteiger partial charge in [-0.25, -0.2) is 0 Å². The molecule has 0 unspecified atom stereocenters. The van der Waals surface area contributed by atoms with Crippen LogP contribution in [0.1, 0.15) is 70.6 Å². The molecule has 1 aliphatic heterocycles. The quantitative estimate of drug-likeness (QED) is 0.484. The Morgan fingerprint density at radius 1 is 0.952 bits per heavy atom. The van der Waals surface area contributed by atoms with Gasteiger partial charge in [0.25, 0.3) is 0 Å². The van der Waals surface area contributed by atoms with E-state index in [9.17, 15) is 9.59 Å². The first-order chi connectivity index (χ1) is 10.0. The summed E-state index contributed by atoms with van der Waals surface area (Å²) in [5.41, 5.74) is 4.93. The smallest absolute Gasteiger partial charge is 0.236 e. The van der Waals surface area contributed by atoms with Gasteiger partial charge >= 0.3 is 0 Å². The van der Waals surface area contributed by atoms with Gasteiger partial charge in [0.2, 0.25) is 11.8 Å². The Labute approximate surface area is 131 Å². The summed E-state index contributed by atoms with van der Waals surface area (Å²) in [7, 11) is 0. The van der Waals surface area contributed by atoms with Crippen molar-refractivity contribution in [1.29, 1.82) is 0 Å². The first-order valence-corrected chi connectivity index (χ1v) is 8.60. The van der Waals surface area contributed by atoms with Gasteiger partial charge in [-0.15, -0.1) is 0 Å². The molecule has 0 aromatic rings. The van der Waals surface area contributed by atoms with E-state index in [2.05, 4.69) is 0 Å². The van der Waals surface area contributed by atoms with Crippen LogP contribution in [0.2, 0.25) is 0 Å². The molecule has 0 aromatic heterocycles. The molecule has 4 nitrogen and oxygen atoms in total.